The summed E-state index contributed by atoms with van der Waals surface area (Å²) in [5, 5.41) is 3.71. The smallest absolute Gasteiger partial charge is 0.0906 e. The minimum atomic E-state index is -0.176. The normalized spacial score (nSPS) is 32.8. The standard InChI is InChI=1S/C14H27FN2/c1-12-10-16-14(11-17(12)9-5-8-15)13-6-3-2-4-7-13/h12-14,16H,2-11H2,1H3. The van der Waals surface area contributed by atoms with E-state index in [1.54, 1.807) is 0 Å². The van der Waals surface area contributed by atoms with Crippen LogP contribution in [0.25, 0.3) is 0 Å². The third kappa shape index (κ3) is 3.65. The quantitative estimate of drug-likeness (QED) is 0.815. The Balaban J connectivity index is 1.83. The molecule has 3 heteroatoms. The van der Waals surface area contributed by atoms with Gasteiger partial charge in [0.2, 0.25) is 0 Å². The molecule has 0 bridgehead atoms. The molecule has 100 valence electrons. The lowest BCUT2D eigenvalue weighted by atomic mass is 9.82. The van der Waals surface area contributed by atoms with Crippen molar-refractivity contribution < 1.29 is 4.39 Å². The lowest BCUT2D eigenvalue weighted by Crippen LogP contribution is -2.58. The molecular weight excluding hydrogens is 215 g/mol. The first-order chi connectivity index (χ1) is 8.31. The van der Waals surface area contributed by atoms with Gasteiger partial charge in [-0.05, 0) is 32.1 Å². The van der Waals surface area contributed by atoms with E-state index >= 15 is 0 Å². The second kappa shape index (κ2) is 6.69. The van der Waals surface area contributed by atoms with Gasteiger partial charge in [0.15, 0.2) is 0 Å². The molecule has 1 aliphatic heterocycles. The van der Waals surface area contributed by atoms with E-state index in [4.69, 9.17) is 0 Å². The van der Waals surface area contributed by atoms with Gasteiger partial charge in [-0.1, -0.05) is 19.3 Å². The van der Waals surface area contributed by atoms with Crippen LogP contribution < -0.4 is 5.32 Å². The molecule has 2 fully saturated rings. The van der Waals surface area contributed by atoms with Crippen LogP contribution in [0.4, 0.5) is 4.39 Å². The van der Waals surface area contributed by atoms with Crippen LogP contribution in [0.1, 0.15) is 45.4 Å². The molecule has 0 radical (unpaired) electrons. The predicted octanol–water partition coefficient (Wildman–Crippen LogP) is 2.59. The van der Waals surface area contributed by atoms with Crippen LogP contribution in [-0.2, 0) is 0 Å². The Morgan fingerprint density at radius 2 is 2.00 bits per heavy atom. The number of halogens is 1. The summed E-state index contributed by atoms with van der Waals surface area (Å²) in [5.74, 6) is 0.865. The fraction of sp³-hybridized carbons (Fsp3) is 1.00. The first-order valence-electron chi connectivity index (χ1n) is 7.34. The van der Waals surface area contributed by atoms with Gasteiger partial charge in [0.1, 0.15) is 0 Å². The zero-order valence-corrected chi connectivity index (χ0v) is 11.1. The zero-order valence-electron chi connectivity index (χ0n) is 11.1. The highest BCUT2D eigenvalue weighted by Gasteiger charge is 2.30. The summed E-state index contributed by atoms with van der Waals surface area (Å²) in [4.78, 5) is 2.48. The summed E-state index contributed by atoms with van der Waals surface area (Å²) in [5.41, 5.74) is 0. The summed E-state index contributed by atoms with van der Waals surface area (Å²) in [7, 11) is 0. The number of hydrogen-bond donors (Lipinski definition) is 1. The molecule has 2 rings (SSSR count). The first kappa shape index (κ1) is 13.3. The van der Waals surface area contributed by atoms with E-state index in [1.165, 1.54) is 32.1 Å². The van der Waals surface area contributed by atoms with Crippen LogP contribution >= 0.6 is 0 Å². The molecule has 0 aromatic rings. The van der Waals surface area contributed by atoms with E-state index in [-0.39, 0.29) is 6.67 Å². The number of nitrogens with zero attached hydrogens (tertiary/aromatic N) is 1. The van der Waals surface area contributed by atoms with Gasteiger partial charge in [0.25, 0.3) is 0 Å². The van der Waals surface area contributed by atoms with Gasteiger partial charge in [-0.15, -0.1) is 0 Å². The van der Waals surface area contributed by atoms with Crippen LogP contribution in [0.5, 0.6) is 0 Å². The maximum Gasteiger partial charge on any atom is 0.0906 e. The maximum atomic E-state index is 12.3. The molecule has 1 saturated carbocycles. The van der Waals surface area contributed by atoms with Crippen molar-refractivity contribution >= 4 is 0 Å². The van der Waals surface area contributed by atoms with Crippen molar-refractivity contribution in [1.29, 1.82) is 0 Å². The van der Waals surface area contributed by atoms with Gasteiger partial charge in [-0.25, -0.2) is 0 Å². The Labute approximate surface area is 105 Å². The van der Waals surface area contributed by atoms with Gasteiger partial charge < -0.3 is 5.32 Å². The molecule has 0 aromatic carbocycles. The third-order valence-corrected chi connectivity index (χ3v) is 4.53. The Morgan fingerprint density at radius 1 is 1.24 bits per heavy atom. The van der Waals surface area contributed by atoms with Gasteiger partial charge in [-0.3, -0.25) is 9.29 Å². The highest BCUT2D eigenvalue weighted by Crippen LogP contribution is 2.28. The second-order valence-electron chi connectivity index (χ2n) is 5.80. The number of alkyl halides is 1. The van der Waals surface area contributed by atoms with Gasteiger partial charge >= 0.3 is 0 Å². The maximum absolute atomic E-state index is 12.3. The molecule has 0 spiro atoms. The van der Waals surface area contributed by atoms with E-state index in [2.05, 4.69) is 17.1 Å². The second-order valence-corrected chi connectivity index (χ2v) is 5.80. The number of hydrogen-bond acceptors (Lipinski definition) is 2. The van der Waals surface area contributed by atoms with E-state index in [0.717, 1.165) is 25.6 Å². The summed E-state index contributed by atoms with van der Waals surface area (Å²) >= 11 is 0. The Hall–Kier alpha value is -0.150. The monoisotopic (exact) mass is 242 g/mol. The first-order valence-corrected chi connectivity index (χ1v) is 7.34. The average molecular weight is 242 g/mol. The minimum absolute atomic E-state index is 0.176. The molecule has 1 N–H and O–H groups in total. The van der Waals surface area contributed by atoms with E-state index in [0.29, 0.717) is 18.5 Å². The fourth-order valence-electron chi connectivity index (χ4n) is 3.37. The van der Waals surface area contributed by atoms with Crippen molar-refractivity contribution in [2.75, 3.05) is 26.3 Å². The Bertz CT molecular complexity index is 216. The van der Waals surface area contributed by atoms with E-state index in [9.17, 15) is 4.39 Å². The predicted molar refractivity (Wildman–Crippen MR) is 70.0 cm³/mol. The van der Waals surface area contributed by atoms with Crippen molar-refractivity contribution in [3.05, 3.63) is 0 Å². The van der Waals surface area contributed by atoms with E-state index < -0.39 is 0 Å². The van der Waals surface area contributed by atoms with Crippen LogP contribution in [0, 0.1) is 5.92 Å². The third-order valence-electron chi connectivity index (χ3n) is 4.53. The summed E-state index contributed by atoms with van der Waals surface area (Å²) < 4.78 is 12.3. The van der Waals surface area contributed by atoms with Crippen LogP contribution in [0.3, 0.4) is 0 Å². The molecule has 2 unspecified atom stereocenters. The zero-order chi connectivity index (χ0) is 12.1. The fourth-order valence-corrected chi connectivity index (χ4v) is 3.37. The molecular formula is C14H27FN2. The van der Waals surface area contributed by atoms with Crippen molar-refractivity contribution in [1.82, 2.24) is 10.2 Å². The lowest BCUT2D eigenvalue weighted by Gasteiger charge is -2.42. The highest BCUT2D eigenvalue weighted by molar-refractivity contribution is 4.88. The lowest BCUT2D eigenvalue weighted by molar-refractivity contribution is 0.101. The SMILES string of the molecule is CC1CNC(C2CCCCC2)CN1CCCF. The number of rotatable bonds is 4. The Morgan fingerprint density at radius 3 is 2.71 bits per heavy atom. The van der Waals surface area contributed by atoms with Crippen LogP contribution in [0.2, 0.25) is 0 Å². The van der Waals surface area contributed by atoms with Gasteiger partial charge in [0.05, 0.1) is 6.67 Å². The van der Waals surface area contributed by atoms with Gasteiger partial charge in [0, 0.05) is 31.7 Å². The topological polar surface area (TPSA) is 15.3 Å². The molecule has 0 aromatic heterocycles. The molecule has 1 saturated heterocycles. The summed E-state index contributed by atoms with van der Waals surface area (Å²) in [6.07, 6.45) is 7.71. The molecule has 2 nitrogen and oxygen atoms in total. The molecule has 2 atom stereocenters. The van der Waals surface area contributed by atoms with Crippen molar-refractivity contribution in [2.45, 2.75) is 57.5 Å². The molecule has 0 amide bonds. The highest BCUT2D eigenvalue weighted by atomic mass is 19.1. The van der Waals surface area contributed by atoms with Gasteiger partial charge in [-0.2, -0.15) is 0 Å². The minimum Gasteiger partial charge on any atom is -0.311 e. The molecule has 1 heterocycles. The molecule has 1 aliphatic carbocycles. The van der Waals surface area contributed by atoms with Crippen LogP contribution in [0.15, 0.2) is 0 Å². The van der Waals surface area contributed by atoms with Crippen LogP contribution in [-0.4, -0.2) is 43.3 Å². The molecule has 17 heavy (non-hydrogen) atoms. The average Bonchev–Trinajstić information content (AvgIpc) is 2.39. The van der Waals surface area contributed by atoms with E-state index in [1.807, 2.05) is 0 Å². The largest absolute Gasteiger partial charge is 0.311 e. The summed E-state index contributed by atoms with van der Waals surface area (Å²) in [6.45, 7) is 5.22. The summed E-state index contributed by atoms with van der Waals surface area (Å²) in [6, 6.07) is 1.23. The van der Waals surface area contributed by atoms with Crippen molar-refractivity contribution in [3.63, 3.8) is 0 Å². The number of nitrogens with one attached hydrogen (secondary N) is 1. The number of piperazine rings is 1. The van der Waals surface area contributed by atoms with Crippen molar-refractivity contribution in [3.8, 4) is 0 Å². The molecule has 2 aliphatic rings. The Kier molecular flexibility index (Phi) is 5.23. The van der Waals surface area contributed by atoms with Crippen molar-refractivity contribution in [2.24, 2.45) is 5.92 Å².